The maximum absolute atomic E-state index is 2.24. The molecule has 0 atom stereocenters. The van der Waals surface area contributed by atoms with E-state index in [4.69, 9.17) is 0 Å². The highest BCUT2D eigenvalue weighted by Crippen LogP contribution is 2.05. The fraction of sp³-hybridized carbons (Fsp3) is 0.636. The lowest BCUT2D eigenvalue weighted by Gasteiger charge is -1.95. The van der Waals surface area contributed by atoms with Crippen molar-refractivity contribution in [2.24, 2.45) is 0 Å². The van der Waals surface area contributed by atoms with Crippen molar-refractivity contribution in [1.29, 1.82) is 0 Å². The lowest BCUT2D eigenvalue weighted by atomic mass is 10.1. The Morgan fingerprint density at radius 2 is 1.55 bits per heavy atom. The molecule has 0 aromatic rings. The quantitative estimate of drug-likeness (QED) is 0.532. The van der Waals surface area contributed by atoms with E-state index in [0.717, 1.165) is 6.42 Å². The largest absolute Gasteiger partial charge is 0.0736 e. The van der Waals surface area contributed by atoms with Gasteiger partial charge >= 0.3 is 0 Å². The third kappa shape index (κ3) is 5.90. The van der Waals surface area contributed by atoms with Gasteiger partial charge in [0.2, 0.25) is 0 Å². The topological polar surface area (TPSA) is 0 Å². The molecule has 0 radical (unpaired) electrons. The first-order valence-corrected chi connectivity index (χ1v) is 4.53. The van der Waals surface area contributed by atoms with Gasteiger partial charge in [0.25, 0.3) is 0 Å². The molecule has 0 unspecified atom stereocenters. The fourth-order valence-electron chi connectivity index (χ4n) is 0.880. The maximum atomic E-state index is 2.24. The van der Waals surface area contributed by atoms with E-state index < -0.39 is 0 Å². The van der Waals surface area contributed by atoms with Gasteiger partial charge in [-0.3, -0.25) is 0 Å². The van der Waals surface area contributed by atoms with Gasteiger partial charge in [0.1, 0.15) is 0 Å². The van der Waals surface area contributed by atoms with Crippen molar-refractivity contribution >= 4 is 0 Å². The Morgan fingerprint density at radius 1 is 1.00 bits per heavy atom. The summed E-state index contributed by atoms with van der Waals surface area (Å²) in [5.74, 6) is 0. The van der Waals surface area contributed by atoms with Crippen molar-refractivity contribution in [3.63, 3.8) is 0 Å². The first-order chi connectivity index (χ1) is 5.20. The van der Waals surface area contributed by atoms with Crippen LogP contribution in [0.2, 0.25) is 0 Å². The SMILES string of the molecule is CCC/C(C)=C\C=C(\C)CC. The third-order valence-corrected chi connectivity index (χ3v) is 1.85. The van der Waals surface area contributed by atoms with E-state index in [-0.39, 0.29) is 0 Å². The molecule has 0 aliphatic heterocycles. The molecule has 0 fully saturated rings. The van der Waals surface area contributed by atoms with Gasteiger partial charge in [-0.25, -0.2) is 0 Å². The second-order valence-electron chi connectivity index (χ2n) is 3.13. The summed E-state index contributed by atoms with van der Waals surface area (Å²) in [6, 6.07) is 0. The molecule has 0 spiro atoms. The van der Waals surface area contributed by atoms with E-state index in [1.54, 1.807) is 0 Å². The van der Waals surface area contributed by atoms with Crippen molar-refractivity contribution < 1.29 is 0 Å². The molecule has 0 heteroatoms. The summed E-state index contributed by atoms with van der Waals surface area (Å²) in [6.45, 7) is 8.78. The first-order valence-electron chi connectivity index (χ1n) is 4.53. The molecule has 0 saturated carbocycles. The zero-order valence-corrected chi connectivity index (χ0v) is 8.28. The summed E-state index contributed by atoms with van der Waals surface area (Å²) in [5.41, 5.74) is 2.95. The standard InChI is InChI=1S/C11H20/c1-5-7-11(4)9-8-10(3)6-2/h8-9H,5-7H2,1-4H3/b10-8-,11-9-. The Morgan fingerprint density at radius 3 is 2.00 bits per heavy atom. The molecule has 0 aromatic carbocycles. The molecule has 0 aliphatic carbocycles. The third-order valence-electron chi connectivity index (χ3n) is 1.85. The van der Waals surface area contributed by atoms with E-state index in [9.17, 15) is 0 Å². The van der Waals surface area contributed by atoms with Crippen LogP contribution in [-0.2, 0) is 0 Å². The second-order valence-corrected chi connectivity index (χ2v) is 3.13. The van der Waals surface area contributed by atoms with Gasteiger partial charge in [0.05, 0.1) is 0 Å². The molecule has 0 rings (SSSR count). The van der Waals surface area contributed by atoms with E-state index in [1.807, 2.05) is 0 Å². The van der Waals surface area contributed by atoms with Crippen LogP contribution >= 0.6 is 0 Å². The van der Waals surface area contributed by atoms with Crippen molar-refractivity contribution in [2.45, 2.75) is 47.0 Å². The summed E-state index contributed by atoms with van der Waals surface area (Å²) in [5, 5.41) is 0. The average molecular weight is 152 g/mol. The van der Waals surface area contributed by atoms with Crippen LogP contribution in [0.25, 0.3) is 0 Å². The van der Waals surface area contributed by atoms with Gasteiger partial charge in [-0.2, -0.15) is 0 Å². The molecule has 0 saturated heterocycles. The van der Waals surface area contributed by atoms with Crippen molar-refractivity contribution in [3.8, 4) is 0 Å². The molecule has 0 amide bonds. The Hall–Kier alpha value is -0.520. The lowest BCUT2D eigenvalue weighted by Crippen LogP contribution is -1.74. The molecule has 0 N–H and O–H groups in total. The maximum Gasteiger partial charge on any atom is -0.0323 e. The zero-order chi connectivity index (χ0) is 8.69. The fourth-order valence-corrected chi connectivity index (χ4v) is 0.880. The number of rotatable bonds is 4. The van der Waals surface area contributed by atoms with E-state index in [0.29, 0.717) is 0 Å². The Labute approximate surface area is 71.0 Å². The molecule has 0 bridgehead atoms. The summed E-state index contributed by atoms with van der Waals surface area (Å²) in [7, 11) is 0. The van der Waals surface area contributed by atoms with Gasteiger partial charge in [0.15, 0.2) is 0 Å². The minimum atomic E-state index is 1.16. The molecule has 0 nitrogen and oxygen atoms in total. The molecule has 0 heterocycles. The Kier molecular flexibility index (Phi) is 5.91. The lowest BCUT2D eigenvalue weighted by molar-refractivity contribution is 0.905. The predicted molar refractivity (Wildman–Crippen MR) is 52.7 cm³/mol. The average Bonchev–Trinajstić information content (AvgIpc) is 2.01. The molecule has 64 valence electrons. The monoisotopic (exact) mass is 152 g/mol. The number of allylic oxidation sites excluding steroid dienone is 4. The first kappa shape index (κ1) is 10.5. The van der Waals surface area contributed by atoms with Crippen molar-refractivity contribution in [2.75, 3.05) is 0 Å². The normalized spacial score (nSPS) is 13.8. The van der Waals surface area contributed by atoms with Crippen LogP contribution in [0.5, 0.6) is 0 Å². The summed E-state index contributed by atoms with van der Waals surface area (Å²) in [4.78, 5) is 0. The number of hydrogen-bond acceptors (Lipinski definition) is 0. The van der Waals surface area contributed by atoms with Gasteiger partial charge in [-0.1, -0.05) is 43.6 Å². The summed E-state index contributed by atoms with van der Waals surface area (Å²) < 4.78 is 0. The Balaban J connectivity index is 3.89. The van der Waals surface area contributed by atoms with E-state index >= 15 is 0 Å². The highest BCUT2D eigenvalue weighted by Gasteiger charge is 1.84. The minimum absolute atomic E-state index is 1.16. The summed E-state index contributed by atoms with van der Waals surface area (Å²) in [6.07, 6.45) is 8.11. The smallest absolute Gasteiger partial charge is 0.0323 e. The van der Waals surface area contributed by atoms with Gasteiger partial charge in [-0.05, 0) is 26.7 Å². The molecular weight excluding hydrogens is 132 g/mol. The predicted octanol–water partition coefficient (Wildman–Crippen LogP) is 4.09. The van der Waals surface area contributed by atoms with Crippen molar-refractivity contribution in [1.82, 2.24) is 0 Å². The van der Waals surface area contributed by atoms with Crippen LogP contribution in [0.4, 0.5) is 0 Å². The number of hydrogen-bond donors (Lipinski definition) is 0. The van der Waals surface area contributed by atoms with Crippen LogP contribution in [0.15, 0.2) is 23.3 Å². The van der Waals surface area contributed by atoms with Gasteiger partial charge in [-0.15, -0.1) is 0 Å². The van der Waals surface area contributed by atoms with Crippen LogP contribution in [0, 0.1) is 0 Å². The molecule has 0 aliphatic rings. The molecule has 11 heavy (non-hydrogen) atoms. The highest BCUT2D eigenvalue weighted by molar-refractivity contribution is 5.14. The molecular formula is C11H20. The van der Waals surface area contributed by atoms with Gasteiger partial charge < -0.3 is 0 Å². The molecule has 0 aromatic heterocycles. The summed E-state index contributed by atoms with van der Waals surface area (Å²) >= 11 is 0. The van der Waals surface area contributed by atoms with Crippen LogP contribution in [0.3, 0.4) is 0 Å². The zero-order valence-electron chi connectivity index (χ0n) is 8.28. The van der Waals surface area contributed by atoms with Crippen LogP contribution in [0.1, 0.15) is 47.0 Å². The second kappa shape index (κ2) is 6.21. The van der Waals surface area contributed by atoms with Crippen LogP contribution < -0.4 is 0 Å². The van der Waals surface area contributed by atoms with E-state index in [1.165, 1.54) is 24.0 Å². The van der Waals surface area contributed by atoms with Crippen molar-refractivity contribution in [3.05, 3.63) is 23.3 Å². The Bertz CT molecular complexity index is 149. The minimum Gasteiger partial charge on any atom is -0.0736 e. The highest BCUT2D eigenvalue weighted by atomic mass is 13.9. The van der Waals surface area contributed by atoms with Gasteiger partial charge in [0, 0.05) is 0 Å². The van der Waals surface area contributed by atoms with Crippen LogP contribution in [-0.4, -0.2) is 0 Å². The van der Waals surface area contributed by atoms with E-state index in [2.05, 4.69) is 39.8 Å².